The topological polar surface area (TPSA) is 0 Å². The molecule has 2 rings (SSSR count). The van der Waals surface area contributed by atoms with Crippen LogP contribution in [0.15, 0.2) is 11.9 Å². The van der Waals surface area contributed by atoms with Gasteiger partial charge in [-0.15, -0.1) is 0 Å². The molecule has 0 nitrogen and oxygen atoms in total. The molecule has 0 N–H and O–H groups in total. The lowest BCUT2D eigenvalue weighted by atomic mass is 9.75. The maximum absolute atomic E-state index is 13.6. The number of alkyl halides is 3. The summed E-state index contributed by atoms with van der Waals surface area (Å²) in [5.74, 6) is 0.902. The van der Waals surface area contributed by atoms with E-state index in [4.69, 9.17) is 0 Å². The molecule has 0 heterocycles. The second kappa shape index (κ2) is 9.24. The van der Waals surface area contributed by atoms with Crippen molar-refractivity contribution in [1.29, 1.82) is 0 Å². The van der Waals surface area contributed by atoms with Gasteiger partial charge in [-0.25, -0.2) is 4.39 Å². The molecule has 0 unspecified atom stereocenters. The van der Waals surface area contributed by atoms with E-state index in [2.05, 4.69) is 6.92 Å². The van der Waals surface area contributed by atoms with Crippen molar-refractivity contribution in [3.63, 3.8) is 0 Å². The molecule has 140 valence electrons. The van der Waals surface area contributed by atoms with Gasteiger partial charge in [-0.3, -0.25) is 0 Å². The summed E-state index contributed by atoms with van der Waals surface area (Å²) < 4.78 is 50.3. The molecule has 0 aromatic rings. The van der Waals surface area contributed by atoms with Crippen LogP contribution in [0.3, 0.4) is 0 Å². The Morgan fingerprint density at radius 3 is 1.62 bits per heavy atom. The summed E-state index contributed by atoms with van der Waals surface area (Å²) in [7, 11) is 0. The molecule has 2 saturated carbocycles. The van der Waals surface area contributed by atoms with Crippen molar-refractivity contribution in [3.05, 3.63) is 11.9 Å². The monoisotopic (exact) mass is 348 g/mol. The first-order valence-corrected chi connectivity index (χ1v) is 9.82. The number of allylic oxidation sites excluding steroid dienone is 2. The highest BCUT2D eigenvalue weighted by Crippen LogP contribution is 2.39. The van der Waals surface area contributed by atoms with Crippen LogP contribution in [0.5, 0.6) is 0 Å². The summed E-state index contributed by atoms with van der Waals surface area (Å²) in [5, 5.41) is 0. The van der Waals surface area contributed by atoms with Crippen molar-refractivity contribution in [3.8, 4) is 0 Å². The lowest BCUT2D eigenvalue weighted by Crippen LogP contribution is -2.19. The Morgan fingerprint density at radius 2 is 1.21 bits per heavy atom. The first-order valence-electron chi connectivity index (χ1n) is 9.82. The van der Waals surface area contributed by atoms with E-state index in [1.165, 1.54) is 51.4 Å². The minimum absolute atomic E-state index is 0.146. The third kappa shape index (κ3) is 6.76. The van der Waals surface area contributed by atoms with E-state index in [1.807, 2.05) is 0 Å². The van der Waals surface area contributed by atoms with Gasteiger partial charge in [0.1, 0.15) is 5.83 Å². The highest BCUT2D eigenvalue weighted by atomic mass is 19.4. The largest absolute Gasteiger partial charge is 0.412 e. The van der Waals surface area contributed by atoms with Crippen LogP contribution < -0.4 is 0 Å². The van der Waals surface area contributed by atoms with Gasteiger partial charge in [-0.2, -0.15) is 13.2 Å². The van der Waals surface area contributed by atoms with E-state index in [0.717, 1.165) is 24.7 Å². The third-order valence-corrected chi connectivity index (χ3v) is 6.18. The van der Waals surface area contributed by atoms with Crippen molar-refractivity contribution in [2.45, 2.75) is 90.1 Å². The second-order valence-corrected chi connectivity index (χ2v) is 8.04. The Kier molecular flexibility index (Phi) is 7.61. The minimum Gasteiger partial charge on any atom is -0.212 e. The fourth-order valence-electron chi connectivity index (χ4n) is 4.69. The summed E-state index contributed by atoms with van der Waals surface area (Å²) in [6, 6.07) is 0. The number of rotatable bonds is 6. The predicted octanol–water partition coefficient (Wildman–Crippen LogP) is 7.60. The number of hydrogen-bond acceptors (Lipinski definition) is 0. The molecule has 0 aromatic heterocycles. The summed E-state index contributed by atoms with van der Waals surface area (Å²) in [6.07, 6.45) is 8.79. The van der Waals surface area contributed by atoms with Crippen molar-refractivity contribution in [1.82, 2.24) is 0 Å². The van der Waals surface area contributed by atoms with Crippen molar-refractivity contribution in [2.24, 2.45) is 23.7 Å². The fraction of sp³-hybridized carbons (Fsp3) is 0.900. The van der Waals surface area contributed by atoms with Crippen LogP contribution in [0.2, 0.25) is 0 Å². The Balaban J connectivity index is 1.64. The smallest absolute Gasteiger partial charge is 0.212 e. The van der Waals surface area contributed by atoms with Gasteiger partial charge in [0, 0.05) is 5.92 Å². The van der Waals surface area contributed by atoms with Crippen molar-refractivity contribution < 1.29 is 17.6 Å². The molecular weight excluding hydrogens is 316 g/mol. The van der Waals surface area contributed by atoms with Gasteiger partial charge >= 0.3 is 6.18 Å². The van der Waals surface area contributed by atoms with Crippen LogP contribution in [-0.4, -0.2) is 6.18 Å². The maximum atomic E-state index is 13.6. The maximum Gasteiger partial charge on any atom is 0.412 e. The Labute approximate surface area is 144 Å². The molecule has 0 bridgehead atoms. The lowest BCUT2D eigenvalue weighted by molar-refractivity contribution is -0.0821. The van der Waals surface area contributed by atoms with Crippen LogP contribution in [0.4, 0.5) is 17.6 Å². The molecular formula is C20H32F4. The van der Waals surface area contributed by atoms with E-state index in [9.17, 15) is 17.6 Å². The first kappa shape index (κ1) is 19.8. The summed E-state index contributed by atoms with van der Waals surface area (Å²) in [5.41, 5.74) is 0. The van der Waals surface area contributed by atoms with Gasteiger partial charge in [0.15, 0.2) is 0 Å². The molecule has 4 heteroatoms. The molecule has 0 atom stereocenters. The lowest BCUT2D eigenvalue weighted by Gasteiger charge is -2.31. The van der Waals surface area contributed by atoms with Crippen LogP contribution in [0.25, 0.3) is 0 Å². The third-order valence-electron chi connectivity index (χ3n) is 6.18. The standard InChI is InChI=1S/C20H32F4/c1-2-3-15-4-6-16(7-5-15)8-9-17-10-12-18(13-11-17)19(21)14-20(22,23)24/h14-18H,2-13H2,1H3/b19-14-. The average molecular weight is 348 g/mol. The van der Waals surface area contributed by atoms with Crippen LogP contribution >= 0.6 is 0 Å². The summed E-state index contributed by atoms with van der Waals surface area (Å²) >= 11 is 0. The molecule has 2 aliphatic carbocycles. The first-order chi connectivity index (χ1) is 11.4. The van der Waals surface area contributed by atoms with Gasteiger partial charge in [0.05, 0.1) is 6.08 Å². The number of halogens is 4. The molecule has 2 fully saturated rings. The zero-order chi connectivity index (χ0) is 17.6. The zero-order valence-corrected chi connectivity index (χ0v) is 14.9. The molecule has 0 saturated heterocycles. The molecule has 2 aliphatic rings. The van der Waals surface area contributed by atoms with Crippen molar-refractivity contribution >= 4 is 0 Å². The van der Waals surface area contributed by atoms with Gasteiger partial charge in [-0.05, 0) is 43.4 Å². The Morgan fingerprint density at radius 1 is 0.792 bits per heavy atom. The number of hydrogen-bond donors (Lipinski definition) is 0. The second-order valence-electron chi connectivity index (χ2n) is 8.04. The van der Waals surface area contributed by atoms with E-state index >= 15 is 0 Å². The SMILES string of the molecule is CCCC1CCC(CCC2CCC(/C(F)=C/C(F)(F)F)CC2)CC1. The van der Waals surface area contributed by atoms with E-state index in [0.29, 0.717) is 18.8 Å². The summed E-state index contributed by atoms with van der Waals surface area (Å²) in [4.78, 5) is 0. The fourth-order valence-corrected chi connectivity index (χ4v) is 4.69. The predicted molar refractivity (Wildman–Crippen MR) is 90.3 cm³/mol. The molecule has 24 heavy (non-hydrogen) atoms. The van der Waals surface area contributed by atoms with Crippen LogP contribution in [-0.2, 0) is 0 Å². The van der Waals surface area contributed by atoms with Gasteiger partial charge in [-0.1, -0.05) is 58.3 Å². The highest BCUT2D eigenvalue weighted by molar-refractivity contribution is 5.03. The zero-order valence-electron chi connectivity index (χ0n) is 14.9. The summed E-state index contributed by atoms with van der Waals surface area (Å²) in [6.45, 7) is 2.26. The average Bonchev–Trinajstić information content (AvgIpc) is 2.53. The molecule has 0 radical (unpaired) electrons. The van der Waals surface area contributed by atoms with E-state index in [-0.39, 0.29) is 6.08 Å². The van der Waals surface area contributed by atoms with Crippen LogP contribution in [0, 0.1) is 23.7 Å². The van der Waals surface area contributed by atoms with Crippen molar-refractivity contribution in [2.75, 3.05) is 0 Å². The quantitative estimate of drug-likeness (QED) is 0.434. The molecule has 0 aliphatic heterocycles. The Hall–Kier alpha value is -0.540. The van der Waals surface area contributed by atoms with Gasteiger partial charge in [0.2, 0.25) is 0 Å². The molecule has 0 amide bonds. The van der Waals surface area contributed by atoms with Gasteiger partial charge < -0.3 is 0 Å². The molecule has 0 spiro atoms. The van der Waals surface area contributed by atoms with E-state index < -0.39 is 17.9 Å². The Bertz CT molecular complexity index is 383. The minimum atomic E-state index is -4.53. The van der Waals surface area contributed by atoms with E-state index in [1.54, 1.807) is 0 Å². The highest BCUT2D eigenvalue weighted by Gasteiger charge is 2.30. The van der Waals surface area contributed by atoms with Crippen LogP contribution in [0.1, 0.15) is 84.0 Å². The molecule has 0 aromatic carbocycles. The normalized spacial score (nSPS) is 32.8. The van der Waals surface area contributed by atoms with Gasteiger partial charge in [0.25, 0.3) is 0 Å².